The molecular weight excluding hydrogens is 346 g/mol. The highest BCUT2D eigenvalue weighted by molar-refractivity contribution is 5.94. The SMILES string of the molecule is O=C(c1ccc(-c2cccnc2)nc1)N1CCC(CCc2ccccc2)CC1. The first-order valence-corrected chi connectivity index (χ1v) is 9.99. The third kappa shape index (κ3) is 4.45. The van der Waals surface area contributed by atoms with Gasteiger partial charge in [0.25, 0.3) is 5.91 Å². The van der Waals surface area contributed by atoms with Gasteiger partial charge in [0.2, 0.25) is 0 Å². The van der Waals surface area contributed by atoms with Crippen molar-refractivity contribution in [2.24, 2.45) is 5.92 Å². The zero-order chi connectivity index (χ0) is 19.2. The van der Waals surface area contributed by atoms with Crippen LogP contribution in [0.4, 0.5) is 0 Å². The molecule has 3 heterocycles. The molecule has 0 aliphatic carbocycles. The summed E-state index contributed by atoms with van der Waals surface area (Å²) < 4.78 is 0. The summed E-state index contributed by atoms with van der Waals surface area (Å²) in [5.41, 5.74) is 3.86. The van der Waals surface area contributed by atoms with Gasteiger partial charge in [-0.2, -0.15) is 0 Å². The summed E-state index contributed by atoms with van der Waals surface area (Å²) in [7, 11) is 0. The maximum atomic E-state index is 12.8. The summed E-state index contributed by atoms with van der Waals surface area (Å²) >= 11 is 0. The molecule has 3 aromatic rings. The van der Waals surface area contributed by atoms with Crippen molar-refractivity contribution in [1.82, 2.24) is 14.9 Å². The first-order chi connectivity index (χ1) is 13.8. The van der Waals surface area contributed by atoms with Gasteiger partial charge in [-0.3, -0.25) is 14.8 Å². The van der Waals surface area contributed by atoms with Gasteiger partial charge in [0.1, 0.15) is 0 Å². The smallest absolute Gasteiger partial charge is 0.255 e. The van der Waals surface area contributed by atoms with Crippen LogP contribution in [0.3, 0.4) is 0 Å². The molecular formula is C24H25N3O. The fourth-order valence-corrected chi connectivity index (χ4v) is 3.83. The van der Waals surface area contributed by atoms with E-state index in [0.29, 0.717) is 11.5 Å². The summed E-state index contributed by atoms with van der Waals surface area (Å²) in [6, 6.07) is 18.3. The minimum atomic E-state index is 0.0896. The highest BCUT2D eigenvalue weighted by atomic mass is 16.2. The lowest BCUT2D eigenvalue weighted by Gasteiger charge is -2.32. The average Bonchev–Trinajstić information content (AvgIpc) is 2.79. The molecule has 1 aromatic carbocycles. The number of likely N-dealkylation sites (tertiary alicyclic amines) is 1. The number of aryl methyl sites for hydroxylation is 1. The molecule has 0 atom stereocenters. The molecule has 2 aromatic heterocycles. The Hall–Kier alpha value is -3.01. The zero-order valence-corrected chi connectivity index (χ0v) is 16.0. The van der Waals surface area contributed by atoms with E-state index in [9.17, 15) is 4.79 Å². The first kappa shape index (κ1) is 18.4. The third-order valence-corrected chi connectivity index (χ3v) is 5.55. The molecule has 0 N–H and O–H groups in total. The Bertz CT molecular complexity index is 886. The van der Waals surface area contributed by atoms with Crippen molar-refractivity contribution in [3.05, 3.63) is 84.3 Å². The maximum absolute atomic E-state index is 12.8. The monoisotopic (exact) mass is 371 g/mol. The van der Waals surface area contributed by atoms with Crippen molar-refractivity contribution in [2.75, 3.05) is 13.1 Å². The van der Waals surface area contributed by atoms with Crippen LogP contribution in [0.1, 0.15) is 35.2 Å². The molecule has 28 heavy (non-hydrogen) atoms. The molecule has 4 rings (SSSR count). The molecule has 4 heteroatoms. The number of piperidine rings is 1. The summed E-state index contributed by atoms with van der Waals surface area (Å²) in [6.45, 7) is 1.67. The number of carbonyl (C=O) groups is 1. The second kappa shape index (κ2) is 8.79. The van der Waals surface area contributed by atoms with Crippen LogP contribution in [0, 0.1) is 5.92 Å². The van der Waals surface area contributed by atoms with Crippen molar-refractivity contribution in [2.45, 2.75) is 25.7 Å². The normalized spacial score (nSPS) is 14.8. The molecule has 0 unspecified atom stereocenters. The fraction of sp³-hybridized carbons (Fsp3) is 0.292. The quantitative estimate of drug-likeness (QED) is 0.657. The molecule has 1 saturated heterocycles. The summed E-state index contributed by atoms with van der Waals surface area (Å²) in [5, 5.41) is 0. The van der Waals surface area contributed by atoms with Gasteiger partial charge in [0, 0.05) is 37.2 Å². The standard InChI is InChI=1S/C24H25N3O/c28-24(22-10-11-23(26-18-22)21-7-4-14-25-17-21)27-15-12-20(13-16-27)9-8-19-5-2-1-3-6-19/h1-7,10-11,14,17-18,20H,8-9,12-13,15-16H2. The number of hydrogen-bond donors (Lipinski definition) is 0. The molecule has 0 spiro atoms. The first-order valence-electron chi connectivity index (χ1n) is 9.99. The number of aromatic nitrogens is 2. The van der Waals surface area contributed by atoms with Gasteiger partial charge in [-0.1, -0.05) is 30.3 Å². The Morgan fingerprint density at radius 2 is 1.79 bits per heavy atom. The van der Waals surface area contributed by atoms with Gasteiger partial charge in [-0.05, 0) is 61.4 Å². The fourth-order valence-electron chi connectivity index (χ4n) is 3.83. The van der Waals surface area contributed by atoms with Crippen molar-refractivity contribution in [3.63, 3.8) is 0 Å². The lowest BCUT2D eigenvalue weighted by atomic mass is 9.90. The van der Waals surface area contributed by atoms with E-state index < -0.39 is 0 Å². The van der Waals surface area contributed by atoms with Crippen molar-refractivity contribution >= 4 is 5.91 Å². The molecule has 0 bridgehead atoms. The molecule has 1 aliphatic rings. The molecule has 0 saturated carbocycles. The second-order valence-corrected chi connectivity index (χ2v) is 7.43. The number of nitrogens with zero attached hydrogens (tertiary/aromatic N) is 3. The lowest BCUT2D eigenvalue weighted by Crippen LogP contribution is -2.38. The predicted molar refractivity (Wildman–Crippen MR) is 111 cm³/mol. The highest BCUT2D eigenvalue weighted by Gasteiger charge is 2.23. The Balaban J connectivity index is 1.30. The van der Waals surface area contributed by atoms with Crippen LogP contribution < -0.4 is 0 Å². The molecule has 0 radical (unpaired) electrons. The Morgan fingerprint density at radius 1 is 0.964 bits per heavy atom. The van der Waals surface area contributed by atoms with Crippen molar-refractivity contribution < 1.29 is 4.79 Å². The third-order valence-electron chi connectivity index (χ3n) is 5.55. The Kier molecular flexibility index (Phi) is 5.76. The lowest BCUT2D eigenvalue weighted by molar-refractivity contribution is 0.0686. The van der Waals surface area contributed by atoms with Gasteiger partial charge in [-0.15, -0.1) is 0 Å². The summed E-state index contributed by atoms with van der Waals surface area (Å²) in [4.78, 5) is 23.4. The van der Waals surface area contributed by atoms with Crippen LogP contribution in [-0.4, -0.2) is 33.9 Å². The van der Waals surface area contributed by atoms with Crippen LogP contribution in [0.2, 0.25) is 0 Å². The van der Waals surface area contributed by atoms with E-state index in [4.69, 9.17) is 0 Å². The van der Waals surface area contributed by atoms with Gasteiger partial charge in [0.15, 0.2) is 0 Å². The Morgan fingerprint density at radius 3 is 2.46 bits per heavy atom. The highest BCUT2D eigenvalue weighted by Crippen LogP contribution is 2.24. The van der Waals surface area contributed by atoms with Crippen LogP contribution in [0.15, 0.2) is 73.2 Å². The molecule has 1 amide bonds. The van der Waals surface area contributed by atoms with Gasteiger partial charge in [-0.25, -0.2) is 0 Å². The Labute approximate surface area is 166 Å². The van der Waals surface area contributed by atoms with E-state index in [1.807, 2.05) is 29.2 Å². The largest absolute Gasteiger partial charge is 0.339 e. The van der Waals surface area contributed by atoms with Crippen LogP contribution >= 0.6 is 0 Å². The zero-order valence-electron chi connectivity index (χ0n) is 16.0. The van der Waals surface area contributed by atoms with Crippen molar-refractivity contribution in [1.29, 1.82) is 0 Å². The van der Waals surface area contributed by atoms with E-state index in [1.165, 1.54) is 12.0 Å². The number of pyridine rings is 2. The molecule has 4 nitrogen and oxygen atoms in total. The summed E-state index contributed by atoms with van der Waals surface area (Å²) in [6.07, 6.45) is 9.70. The number of benzene rings is 1. The topological polar surface area (TPSA) is 46.1 Å². The van der Waals surface area contributed by atoms with Gasteiger partial charge in [0.05, 0.1) is 11.3 Å². The maximum Gasteiger partial charge on any atom is 0.255 e. The second-order valence-electron chi connectivity index (χ2n) is 7.43. The molecule has 142 valence electrons. The number of rotatable bonds is 5. The van der Waals surface area contributed by atoms with Crippen molar-refractivity contribution in [3.8, 4) is 11.3 Å². The minimum Gasteiger partial charge on any atom is -0.339 e. The van der Waals surface area contributed by atoms with E-state index in [0.717, 1.165) is 43.6 Å². The van der Waals surface area contributed by atoms with Crippen LogP contribution in [-0.2, 0) is 6.42 Å². The van der Waals surface area contributed by atoms with E-state index >= 15 is 0 Å². The van der Waals surface area contributed by atoms with E-state index in [1.54, 1.807) is 18.6 Å². The number of amides is 1. The van der Waals surface area contributed by atoms with E-state index in [-0.39, 0.29) is 5.91 Å². The molecule has 1 aliphatic heterocycles. The number of carbonyl (C=O) groups excluding carboxylic acids is 1. The molecule has 1 fully saturated rings. The summed E-state index contributed by atoms with van der Waals surface area (Å²) in [5.74, 6) is 0.794. The van der Waals surface area contributed by atoms with Crippen LogP contribution in [0.25, 0.3) is 11.3 Å². The van der Waals surface area contributed by atoms with E-state index in [2.05, 4.69) is 40.3 Å². The minimum absolute atomic E-state index is 0.0896. The van der Waals surface area contributed by atoms with Gasteiger partial charge < -0.3 is 4.90 Å². The number of hydrogen-bond acceptors (Lipinski definition) is 3. The predicted octanol–water partition coefficient (Wildman–Crippen LogP) is 4.63. The van der Waals surface area contributed by atoms with Crippen LogP contribution in [0.5, 0.6) is 0 Å². The van der Waals surface area contributed by atoms with Gasteiger partial charge >= 0.3 is 0 Å². The average molecular weight is 371 g/mol.